The highest BCUT2D eigenvalue weighted by Gasteiger charge is 2.13. The number of rotatable bonds is 9. The topological polar surface area (TPSA) is 73.9 Å². The molecule has 6 nitrogen and oxygen atoms in total. The molecule has 0 spiro atoms. The lowest BCUT2D eigenvalue weighted by atomic mass is 10.1. The van der Waals surface area contributed by atoms with Crippen LogP contribution in [0.4, 0.5) is 0 Å². The SMILES string of the molecule is COc1ccc(CCNC(=O)COC(=O)Cc2c(Cl)cccc2Cl)cc1OC. The molecule has 0 atom stereocenters. The quantitative estimate of drug-likeness (QED) is 0.622. The van der Waals surface area contributed by atoms with Crippen molar-refractivity contribution in [2.75, 3.05) is 27.4 Å². The molecule has 0 aliphatic carbocycles. The van der Waals surface area contributed by atoms with Crippen molar-refractivity contribution in [2.24, 2.45) is 0 Å². The van der Waals surface area contributed by atoms with Crippen molar-refractivity contribution in [1.29, 1.82) is 0 Å². The third kappa shape index (κ3) is 6.32. The Hall–Kier alpha value is -2.44. The van der Waals surface area contributed by atoms with Crippen LogP contribution in [0.15, 0.2) is 36.4 Å². The largest absolute Gasteiger partial charge is 0.493 e. The van der Waals surface area contributed by atoms with Gasteiger partial charge in [0.25, 0.3) is 5.91 Å². The van der Waals surface area contributed by atoms with Gasteiger partial charge in [0.15, 0.2) is 18.1 Å². The van der Waals surface area contributed by atoms with E-state index in [-0.39, 0.29) is 18.9 Å². The van der Waals surface area contributed by atoms with Crippen LogP contribution in [0.1, 0.15) is 11.1 Å². The van der Waals surface area contributed by atoms with Crippen molar-refractivity contribution in [3.63, 3.8) is 0 Å². The van der Waals surface area contributed by atoms with Gasteiger partial charge in [-0.2, -0.15) is 0 Å². The number of carbonyl (C=O) groups is 2. The lowest BCUT2D eigenvalue weighted by Crippen LogP contribution is -2.30. The van der Waals surface area contributed by atoms with Crippen molar-refractivity contribution in [2.45, 2.75) is 12.8 Å². The molecule has 0 radical (unpaired) electrons. The summed E-state index contributed by atoms with van der Waals surface area (Å²) in [5.74, 6) is 0.295. The van der Waals surface area contributed by atoms with Gasteiger partial charge in [-0.1, -0.05) is 35.3 Å². The van der Waals surface area contributed by atoms with Crippen LogP contribution >= 0.6 is 23.2 Å². The van der Waals surface area contributed by atoms with Gasteiger partial charge in [0.2, 0.25) is 0 Å². The molecule has 1 amide bonds. The van der Waals surface area contributed by atoms with Crippen LogP contribution in [0.2, 0.25) is 10.0 Å². The molecule has 0 saturated carbocycles. The van der Waals surface area contributed by atoms with E-state index in [9.17, 15) is 9.59 Å². The summed E-state index contributed by atoms with van der Waals surface area (Å²) >= 11 is 12.0. The Bertz CT molecular complexity index is 821. The Morgan fingerprint density at radius 3 is 2.32 bits per heavy atom. The summed E-state index contributed by atoms with van der Waals surface area (Å²) in [4.78, 5) is 23.8. The number of halogens is 2. The summed E-state index contributed by atoms with van der Waals surface area (Å²) in [6.45, 7) is 0.0229. The molecule has 0 aliphatic rings. The Morgan fingerprint density at radius 1 is 1.00 bits per heavy atom. The zero-order valence-electron chi connectivity index (χ0n) is 15.6. The maximum Gasteiger partial charge on any atom is 0.310 e. The van der Waals surface area contributed by atoms with Gasteiger partial charge >= 0.3 is 5.97 Å². The van der Waals surface area contributed by atoms with Crippen molar-refractivity contribution < 1.29 is 23.8 Å². The fourth-order valence-electron chi connectivity index (χ4n) is 2.48. The molecule has 0 aliphatic heterocycles. The second-order valence-electron chi connectivity index (χ2n) is 5.83. The van der Waals surface area contributed by atoms with E-state index in [4.69, 9.17) is 37.4 Å². The molecule has 28 heavy (non-hydrogen) atoms. The molecule has 1 N–H and O–H groups in total. The minimum atomic E-state index is -0.579. The van der Waals surface area contributed by atoms with Gasteiger partial charge in [0.05, 0.1) is 20.6 Å². The molecule has 0 heterocycles. The number of hydrogen-bond acceptors (Lipinski definition) is 5. The third-order valence-electron chi connectivity index (χ3n) is 3.93. The summed E-state index contributed by atoms with van der Waals surface area (Å²) in [5, 5.41) is 3.46. The highest BCUT2D eigenvalue weighted by molar-refractivity contribution is 6.36. The van der Waals surface area contributed by atoms with Crippen LogP contribution < -0.4 is 14.8 Å². The second kappa shape index (κ2) is 10.8. The fraction of sp³-hybridized carbons (Fsp3) is 0.300. The van der Waals surface area contributed by atoms with Crippen LogP contribution in [0.3, 0.4) is 0 Å². The maximum absolute atomic E-state index is 11.9. The number of nitrogens with one attached hydrogen (secondary N) is 1. The number of esters is 1. The standard InChI is InChI=1S/C20H21Cl2NO5/c1-26-17-7-6-13(10-18(17)27-2)8-9-23-19(24)12-28-20(25)11-14-15(21)4-3-5-16(14)22/h3-7,10H,8-9,11-12H2,1-2H3,(H,23,24). The van der Waals surface area contributed by atoms with Gasteiger partial charge in [0.1, 0.15) is 0 Å². The van der Waals surface area contributed by atoms with Crippen molar-refractivity contribution in [3.8, 4) is 11.5 Å². The Kier molecular flexibility index (Phi) is 8.42. The molecule has 0 aromatic heterocycles. The van der Waals surface area contributed by atoms with E-state index >= 15 is 0 Å². The van der Waals surface area contributed by atoms with E-state index in [0.717, 1.165) is 5.56 Å². The predicted molar refractivity (Wildman–Crippen MR) is 107 cm³/mol. The molecule has 0 unspecified atom stereocenters. The molecular weight excluding hydrogens is 405 g/mol. The summed E-state index contributed by atoms with van der Waals surface area (Å²) in [6.07, 6.45) is 0.493. The number of benzene rings is 2. The van der Waals surface area contributed by atoms with Crippen LogP contribution in [0, 0.1) is 0 Å². The van der Waals surface area contributed by atoms with Gasteiger partial charge in [-0.05, 0) is 36.2 Å². The lowest BCUT2D eigenvalue weighted by molar-refractivity contribution is -0.147. The van der Waals surface area contributed by atoms with Gasteiger partial charge in [0, 0.05) is 22.2 Å². The van der Waals surface area contributed by atoms with Crippen molar-refractivity contribution in [1.82, 2.24) is 5.32 Å². The van der Waals surface area contributed by atoms with E-state index < -0.39 is 5.97 Å². The average Bonchev–Trinajstić information content (AvgIpc) is 2.69. The van der Waals surface area contributed by atoms with E-state index in [2.05, 4.69) is 5.32 Å². The molecule has 2 aromatic rings. The summed E-state index contributed by atoms with van der Waals surface area (Å²) in [7, 11) is 3.13. The normalized spacial score (nSPS) is 10.3. The first kappa shape index (κ1) is 21.9. The molecule has 0 bridgehead atoms. The first-order chi connectivity index (χ1) is 13.4. The molecule has 2 aromatic carbocycles. The van der Waals surface area contributed by atoms with E-state index in [1.165, 1.54) is 0 Å². The van der Waals surface area contributed by atoms with Crippen molar-refractivity contribution in [3.05, 3.63) is 57.6 Å². The smallest absolute Gasteiger partial charge is 0.310 e. The zero-order chi connectivity index (χ0) is 20.5. The van der Waals surface area contributed by atoms with Crippen LogP contribution in [-0.2, 0) is 27.2 Å². The van der Waals surface area contributed by atoms with Gasteiger partial charge in [-0.3, -0.25) is 9.59 Å². The Morgan fingerprint density at radius 2 is 1.68 bits per heavy atom. The lowest BCUT2D eigenvalue weighted by Gasteiger charge is -2.10. The van der Waals surface area contributed by atoms with Gasteiger partial charge in [-0.15, -0.1) is 0 Å². The monoisotopic (exact) mass is 425 g/mol. The van der Waals surface area contributed by atoms with Crippen LogP contribution in [-0.4, -0.2) is 39.2 Å². The van der Waals surface area contributed by atoms with E-state index in [1.54, 1.807) is 38.5 Å². The highest BCUT2D eigenvalue weighted by atomic mass is 35.5. The number of carbonyl (C=O) groups excluding carboxylic acids is 2. The molecule has 0 saturated heterocycles. The van der Waals surface area contributed by atoms with E-state index in [0.29, 0.717) is 40.1 Å². The van der Waals surface area contributed by atoms with E-state index in [1.807, 2.05) is 12.1 Å². The summed E-state index contributed by atoms with van der Waals surface area (Å²) in [5.41, 5.74) is 1.45. The molecular formula is C20H21Cl2NO5. The van der Waals surface area contributed by atoms with Gasteiger partial charge < -0.3 is 19.5 Å². The minimum absolute atomic E-state index is 0.0998. The first-order valence-corrected chi connectivity index (χ1v) is 9.26. The molecule has 2 rings (SSSR count). The number of methoxy groups -OCH3 is 2. The summed E-state index contributed by atoms with van der Waals surface area (Å²) < 4.78 is 15.4. The number of ether oxygens (including phenoxy) is 3. The van der Waals surface area contributed by atoms with Gasteiger partial charge in [-0.25, -0.2) is 0 Å². The Labute approximate surface area is 173 Å². The van der Waals surface area contributed by atoms with Crippen LogP contribution in [0.5, 0.6) is 11.5 Å². The number of amides is 1. The summed E-state index contributed by atoms with van der Waals surface area (Å²) in [6, 6.07) is 10.5. The van der Waals surface area contributed by atoms with Crippen LogP contribution in [0.25, 0.3) is 0 Å². The zero-order valence-corrected chi connectivity index (χ0v) is 17.1. The highest BCUT2D eigenvalue weighted by Crippen LogP contribution is 2.27. The van der Waals surface area contributed by atoms with Crippen molar-refractivity contribution >= 4 is 35.1 Å². The second-order valence-corrected chi connectivity index (χ2v) is 6.64. The first-order valence-electron chi connectivity index (χ1n) is 8.50. The maximum atomic E-state index is 11.9. The third-order valence-corrected chi connectivity index (χ3v) is 4.64. The number of hydrogen-bond donors (Lipinski definition) is 1. The average molecular weight is 426 g/mol. The molecule has 0 fully saturated rings. The minimum Gasteiger partial charge on any atom is -0.493 e. The molecule has 8 heteroatoms. The Balaban J connectivity index is 1.75. The molecule has 150 valence electrons. The fourth-order valence-corrected chi connectivity index (χ4v) is 3.01. The predicted octanol–water partition coefficient (Wildman–Crippen LogP) is 3.46.